The van der Waals surface area contributed by atoms with Crippen LogP contribution < -0.4 is 0 Å². The van der Waals surface area contributed by atoms with Gasteiger partial charge in [0.15, 0.2) is 12.1 Å². The lowest BCUT2D eigenvalue weighted by molar-refractivity contribution is -0.212. The van der Waals surface area contributed by atoms with Gasteiger partial charge < -0.3 is 19.3 Å². The molecule has 0 aromatic carbocycles. The highest BCUT2D eigenvalue weighted by Crippen LogP contribution is 2.38. The molecule has 2 aliphatic rings. The summed E-state index contributed by atoms with van der Waals surface area (Å²) in [7, 11) is 0. The number of thioether (sulfide) groups is 1. The van der Waals surface area contributed by atoms with E-state index in [2.05, 4.69) is 0 Å². The highest BCUT2D eigenvalue weighted by Gasteiger charge is 2.49. The third kappa shape index (κ3) is 2.47. The van der Waals surface area contributed by atoms with Gasteiger partial charge in [-0.05, 0) is 20.1 Å². The summed E-state index contributed by atoms with van der Waals surface area (Å²) in [4.78, 5) is 0. The predicted octanol–water partition coefficient (Wildman–Crippen LogP) is 0.977. The smallest absolute Gasteiger partial charge is 0.187 e. The van der Waals surface area contributed by atoms with Crippen LogP contribution in [0.25, 0.3) is 0 Å². The number of fused-ring (bicyclic) bond motifs is 1. The van der Waals surface area contributed by atoms with Crippen LogP contribution in [0.3, 0.4) is 0 Å². The molecule has 5 heteroatoms. The Bertz CT molecular complexity index is 217. The van der Waals surface area contributed by atoms with Crippen molar-refractivity contribution in [2.75, 3.05) is 12.0 Å². The SMILES string of the molecule is CSC[C@H](O)[C@@H]1C[C@H]2OC(C)(C)O[C@H]2O1. The first-order valence-electron chi connectivity index (χ1n) is 5.20. The van der Waals surface area contributed by atoms with Crippen molar-refractivity contribution < 1.29 is 19.3 Å². The molecular formula is C10H18O4S. The summed E-state index contributed by atoms with van der Waals surface area (Å²) in [6.45, 7) is 3.75. The van der Waals surface area contributed by atoms with E-state index in [1.165, 1.54) is 0 Å². The van der Waals surface area contributed by atoms with Gasteiger partial charge in [0.1, 0.15) is 6.10 Å². The van der Waals surface area contributed by atoms with Gasteiger partial charge in [-0.2, -0.15) is 11.8 Å². The lowest BCUT2D eigenvalue weighted by Gasteiger charge is -2.22. The summed E-state index contributed by atoms with van der Waals surface area (Å²) in [5.41, 5.74) is 0. The standard InChI is InChI=1S/C10H18O4S/c1-10(2)13-8-4-7(6(11)5-15-3)12-9(8)14-10/h6-9,11H,4-5H2,1-3H3/t6-,7-,8+,9+/m0/s1. The van der Waals surface area contributed by atoms with Gasteiger partial charge in [-0.15, -0.1) is 0 Å². The third-order valence-electron chi connectivity index (χ3n) is 2.68. The van der Waals surface area contributed by atoms with Crippen molar-refractivity contribution in [2.45, 2.75) is 50.7 Å². The molecule has 2 saturated heterocycles. The van der Waals surface area contributed by atoms with Crippen molar-refractivity contribution in [3.05, 3.63) is 0 Å². The zero-order chi connectivity index (χ0) is 11.1. The molecule has 0 aliphatic carbocycles. The monoisotopic (exact) mass is 234 g/mol. The number of hydrogen-bond donors (Lipinski definition) is 1. The van der Waals surface area contributed by atoms with E-state index in [4.69, 9.17) is 14.2 Å². The van der Waals surface area contributed by atoms with Crippen LogP contribution in [0.5, 0.6) is 0 Å². The van der Waals surface area contributed by atoms with Crippen LogP contribution in [0.4, 0.5) is 0 Å². The number of aliphatic hydroxyl groups is 1. The summed E-state index contributed by atoms with van der Waals surface area (Å²) in [6, 6.07) is 0. The lowest BCUT2D eigenvalue weighted by atomic mass is 10.1. The van der Waals surface area contributed by atoms with Crippen LogP contribution in [0.1, 0.15) is 20.3 Å². The topological polar surface area (TPSA) is 47.9 Å². The van der Waals surface area contributed by atoms with Gasteiger partial charge in [-0.1, -0.05) is 0 Å². The summed E-state index contributed by atoms with van der Waals surface area (Å²) in [6.07, 6.45) is 1.78. The van der Waals surface area contributed by atoms with Crippen LogP contribution in [0.2, 0.25) is 0 Å². The molecule has 1 N–H and O–H groups in total. The zero-order valence-corrected chi connectivity index (χ0v) is 10.1. The minimum atomic E-state index is -0.551. The lowest BCUT2D eigenvalue weighted by Crippen LogP contribution is -2.31. The molecule has 4 atom stereocenters. The Hall–Kier alpha value is 0.190. The number of aliphatic hydroxyl groups excluding tert-OH is 1. The van der Waals surface area contributed by atoms with Crippen molar-refractivity contribution in [1.82, 2.24) is 0 Å². The van der Waals surface area contributed by atoms with Gasteiger partial charge in [-0.3, -0.25) is 0 Å². The molecule has 2 fully saturated rings. The largest absolute Gasteiger partial charge is 0.390 e. The normalized spacial score (nSPS) is 40.4. The predicted molar refractivity (Wildman–Crippen MR) is 57.7 cm³/mol. The maximum absolute atomic E-state index is 9.78. The minimum absolute atomic E-state index is 0.0264. The van der Waals surface area contributed by atoms with Gasteiger partial charge in [-0.25, -0.2) is 0 Å². The van der Waals surface area contributed by atoms with Gasteiger partial charge in [0.05, 0.1) is 12.2 Å². The van der Waals surface area contributed by atoms with E-state index in [0.717, 1.165) is 6.42 Å². The van der Waals surface area contributed by atoms with Crippen molar-refractivity contribution in [2.24, 2.45) is 0 Å². The Morgan fingerprint density at radius 1 is 1.47 bits per heavy atom. The summed E-state index contributed by atoms with van der Waals surface area (Å²) < 4.78 is 16.9. The van der Waals surface area contributed by atoms with Crippen molar-refractivity contribution in [3.63, 3.8) is 0 Å². The zero-order valence-electron chi connectivity index (χ0n) is 9.30. The molecule has 4 nitrogen and oxygen atoms in total. The maximum atomic E-state index is 9.78. The van der Waals surface area contributed by atoms with E-state index in [9.17, 15) is 5.11 Å². The van der Waals surface area contributed by atoms with E-state index < -0.39 is 11.9 Å². The van der Waals surface area contributed by atoms with E-state index in [1.807, 2.05) is 20.1 Å². The Balaban J connectivity index is 1.88. The van der Waals surface area contributed by atoms with Crippen LogP contribution >= 0.6 is 11.8 Å². The fourth-order valence-electron chi connectivity index (χ4n) is 2.06. The molecule has 0 unspecified atom stereocenters. The number of rotatable bonds is 3. The minimum Gasteiger partial charge on any atom is -0.390 e. The van der Waals surface area contributed by atoms with Gasteiger partial charge in [0.2, 0.25) is 0 Å². The Labute approximate surface area is 94.3 Å². The molecule has 0 bridgehead atoms. The molecule has 15 heavy (non-hydrogen) atoms. The van der Waals surface area contributed by atoms with Crippen LogP contribution in [-0.4, -0.2) is 47.5 Å². The fraction of sp³-hybridized carbons (Fsp3) is 1.00. The second kappa shape index (κ2) is 4.22. The molecule has 88 valence electrons. The van der Waals surface area contributed by atoms with Gasteiger partial charge in [0.25, 0.3) is 0 Å². The number of hydrogen-bond acceptors (Lipinski definition) is 5. The Kier molecular flexibility index (Phi) is 3.28. The van der Waals surface area contributed by atoms with E-state index in [1.54, 1.807) is 11.8 Å². The fourth-order valence-corrected chi connectivity index (χ4v) is 2.62. The van der Waals surface area contributed by atoms with Gasteiger partial charge >= 0.3 is 0 Å². The Morgan fingerprint density at radius 3 is 2.80 bits per heavy atom. The van der Waals surface area contributed by atoms with Crippen molar-refractivity contribution in [3.8, 4) is 0 Å². The van der Waals surface area contributed by atoms with Gasteiger partial charge in [0, 0.05) is 12.2 Å². The first-order chi connectivity index (χ1) is 7.02. The van der Waals surface area contributed by atoms with E-state index in [-0.39, 0.29) is 18.5 Å². The molecule has 0 spiro atoms. The van der Waals surface area contributed by atoms with E-state index >= 15 is 0 Å². The van der Waals surface area contributed by atoms with Crippen LogP contribution in [0, 0.1) is 0 Å². The maximum Gasteiger partial charge on any atom is 0.187 e. The molecule has 2 heterocycles. The second-order valence-corrected chi connectivity index (χ2v) is 5.39. The third-order valence-corrected chi connectivity index (χ3v) is 3.35. The first kappa shape index (κ1) is 11.7. The molecule has 2 rings (SSSR count). The van der Waals surface area contributed by atoms with Crippen molar-refractivity contribution >= 4 is 11.8 Å². The summed E-state index contributed by atoms with van der Waals surface area (Å²) in [5.74, 6) is 0.137. The van der Waals surface area contributed by atoms with Crippen molar-refractivity contribution in [1.29, 1.82) is 0 Å². The molecule has 2 aliphatic heterocycles. The average Bonchev–Trinajstić information content (AvgIpc) is 2.57. The van der Waals surface area contributed by atoms with E-state index in [0.29, 0.717) is 5.75 Å². The number of ether oxygens (including phenoxy) is 3. The molecule has 0 aromatic heterocycles. The second-order valence-electron chi connectivity index (χ2n) is 4.48. The molecule has 0 amide bonds. The highest BCUT2D eigenvalue weighted by molar-refractivity contribution is 7.98. The highest BCUT2D eigenvalue weighted by atomic mass is 32.2. The first-order valence-corrected chi connectivity index (χ1v) is 6.59. The quantitative estimate of drug-likeness (QED) is 0.788. The molecule has 0 radical (unpaired) electrons. The average molecular weight is 234 g/mol. The summed E-state index contributed by atoms with van der Waals surface area (Å²) >= 11 is 1.61. The molecular weight excluding hydrogens is 216 g/mol. The molecule has 0 aromatic rings. The van der Waals surface area contributed by atoms with Crippen LogP contribution in [0.15, 0.2) is 0 Å². The molecule has 0 saturated carbocycles. The van der Waals surface area contributed by atoms with Crippen LogP contribution in [-0.2, 0) is 14.2 Å². The Morgan fingerprint density at radius 2 is 2.20 bits per heavy atom. The summed E-state index contributed by atoms with van der Waals surface area (Å²) in [5, 5.41) is 9.78.